The van der Waals surface area contributed by atoms with Crippen molar-refractivity contribution in [3.8, 4) is 5.75 Å². The van der Waals surface area contributed by atoms with Gasteiger partial charge in [-0.1, -0.05) is 24.1 Å². The highest BCUT2D eigenvalue weighted by atomic mass is 16.5. The molecule has 3 nitrogen and oxygen atoms in total. The van der Waals surface area contributed by atoms with Crippen LogP contribution in [-0.2, 0) is 0 Å². The first-order valence-electron chi connectivity index (χ1n) is 7.17. The van der Waals surface area contributed by atoms with Gasteiger partial charge in [-0.15, -0.1) is 0 Å². The first kappa shape index (κ1) is 14.4. The summed E-state index contributed by atoms with van der Waals surface area (Å²) in [4.78, 5) is 0. The molecule has 1 saturated carbocycles. The molecule has 2 atom stereocenters. The third-order valence-corrected chi connectivity index (χ3v) is 4.33. The van der Waals surface area contributed by atoms with E-state index in [1.54, 1.807) is 0 Å². The molecular weight excluding hydrogens is 238 g/mol. The van der Waals surface area contributed by atoms with Crippen molar-refractivity contribution in [1.29, 1.82) is 0 Å². The van der Waals surface area contributed by atoms with Crippen molar-refractivity contribution in [3.63, 3.8) is 0 Å². The van der Waals surface area contributed by atoms with Crippen molar-refractivity contribution in [2.45, 2.75) is 45.1 Å². The summed E-state index contributed by atoms with van der Waals surface area (Å²) < 4.78 is 5.84. The number of nitrogens with two attached hydrogens (primary N) is 1. The average molecular weight is 263 g/mol. The maximum absolute atomic E-state index is 10.4. The van der Waals surface area contributed by atoms with Gasteiger partial charge in [0.2, 0.25) is 0 Å². The lowest BCUT2D eigenvalue weighted by Gasteiger charge is -2.28. The van der Waals surface area contributed by atoms with Crippen molar-refractivity contribution >= 4 is 0 Å². The Morgan fingerprint density at radius 3 is 2.89 bits per heavy atom. The van der Waals surface area contributed by atoms with E-state index in [1.165, 1.54) is 11.1 Å². The van der Waals surface area contributed by atoms with Crippen LogP contribution in [0.4, 0.5) is 0 Å². The number of hydrogen-bond donors (Lipinski definition) is 2. The predicted molar refractivity (Wildman–Crippen MR) is 77.4 cm³/mol. The van der Waals surface area contributed by atoms with E-state index >= 15 is 0 Å². The van der Waals surface area contributed by atoms with Crippen LogP contribution < -0.4 is 10.5 Å². The lowest BCUT2D eigenvalue weighted by atomic mass is 9.88. The maximum Gasteiger partial charge on any atom is 0.122 e. The Hall–Kier alpha value is -1.06. The van der Waals surface area contributed by atoms with Gasteiger partial charge in [0.05, 0.1) is 12.2 Å². The van der Waals surface area contributed by atoms with Gasteiger partial charge in [0.1, 0.15) is 5.75 Å². The third-order valence-electron chi connectivity index (χ3n) is 4.33. The molecule has 0 spiro atoms. The molecule has 1 aliphatic carbocycles. The van der Waals surface area contributed by atoms with Crippen LogP contribution in [0.3, 0.4) is 0 Å². The molecule has 106 valence electrons. The molecule has 1 aromatic carbocycles. The van der Waals surface area contributed by atoms with Gasteiger partial charge in [-0.2, -0.15) is 0 Å². The largest absolute Gasteiger partial charge is 0.493 e. The summed E-state index contributed by atoms with van der Waals surface area (Å²) in [7, 11) is 0. The minimum absolute atomic E-state index is 0.281. The van der Waals surface area contributed by atoms with Crippen LogP contribution in [0.2, 0.25) is 0 Å². The molecule has 1 aromatic rings. The fourth-order valence-electron chi connectivity index (χ4n) is 3.08. The van der Waals surface area contributed by atoms with Crippen LogP contribution in [0.1, 0.15) is 36.8 Å². The highest BCUT2D eigenvalue weighted by Gasteiger charge is 2.39. The summed E-state index contributed by atoms with van der Waals surface area (Å²) in [5, 5.41) is 10.4. The van der Waals surface area contributed by atoms with Crippen molar-refractivity contribution in [3.05, 3.63) is 29.3 Å². The standard InChI is InChI=1S/C16H25NO2/c1-12-5-6-15(13(2)10-12)19-9-7-14-4-3-8-16(14,18)11-17/h5-6,10,14,18H,3-4,7-9,11,17H2,1-2H3. The van der Waals surface area contributed by atoms with Crippen LogP contribution in [0.15, 0.2) is 18.2 Å². The maximum atomic E-state index is 10.4. The van der Waals surface area contributed by atoms with Crippen LogP contribution in [0.5, 0.6) is 5.75 Å². The zero-order valence-electron chi connectivity index (χ0n) is 12.0. The molecule has 2 unspecified atom stereocenters. The molecule has 3 heteroatoms. The third kappa shape index (κ3) is 3.28. The second kappa shape index (κ2) is 5.93. The minimum Gasteiger partial charge on any atom is -0.493 e. The van der Waals surface area contributed by atoms with E-state index < -0.39 is 5.60 Å². The summed E-state index contributed by atoms with van der Waals surface area (Å²) in [5.41, 5.74) is 7.45. The summed E-state index contributed by atoms with van der Waals surface area (Å²) in [5.74, 6) is 1.23. The van der Waals surface area contributed by atoms with Gasteiger partial charge in [-0.3, -0.25) is 0 Å². The number of aliphatic hydroxyl groups is 1. The molecule has 0 bridgehead atoms. The van der Waals surface area contributed by atoms with Gasteiger partial charge in [-0.25, -0.2) is 0 Å². The Kier molecular flexibility index (Phi) is 4.48. The molecule has 0 amide bonds. The highest BCUT2D eigenvalue weighted by molar-refractivity contribution is 5.35. The van der Waals surface area contributed by atoms with Gasteiger partial charge in [0.25, 0.3) is 0 Å². The SMILES string of the molecule is Cc1ccc(OCCC2CCCC2(O)CN)c(C)c1. The number of benzene rings is 1. The van der Waals surface area contributed by atoms with Gasteiger partial charge in [-0.05, 0) is 50.7 Å². The van der Waals surface area contributed by atoms with Gasteiger partial charge >= 0.3 is 0 Å². The second-order valence-corrected chi connectivity index (χ2v) is 5.80. The van der Waals surface area contributed by atoms with Crippen LogP contribution in [0, 0.1) is 19.8 Å². The predicted octanol–water partition coefficient (Wildman–Crippen LogP) is 2.56. The van der Waals surface area contributed by atoms with Crippen LogP contribution in [-0.4, -0.2) is 23.9 Å². The Bertz CT molecular complexity index is 433. The molecule has 0 aromatic heterocycles. The van der Waals surface area contributed by atoms with E-state index in [4.69, 9.17) is 10.5 Å². The Labute approximate surface area is 115 Å². The monoisotopic (exact) mass is 263 g/mol. The summed E-state index contributed by atoms with van der Waals surface area (Å²) >= 11 is 0. The lowest BCUT2D eigenvalue weighted by molar-refractivity contribution is 0.00353. The number of aryl methyl sites for hydroxylation is 2. The first-order valence-corrected chi connectivity index (χ1v) is 7.17. The Balaban J connectivity index is 1.86. The Morgan fingerprint density at radius 1 is 1.42 bits per heavy atom. The van der Waals surface area contributed by atoms with E-state index in [9.17, 15) is 5.11 Å². The van der Waals surface area contributed by atoms with Crippen molar-refractivity contribution in [2.24, 2.45) is 11.7 Å². The van der Waals surface area contributed by atoms with Gasteiger partial charge < -0.3 is 15.6 Å². The van der Waals surface area contributed by atoms with Crippen LogP contribution >= 0.6 is 0 Å². The fourth-order valence-corrected chi connectivity index (χ4v) is 3.08. The molecule has 1 fully saturated rings. The van der Waals surface area contributed by atoms with E-state index in [-0.39, 0.29) is 5.92 Å². The quantitative estimate of drug-likeness (QED) is 0.858. The number of rotatable bonds is 5. The molecule has 3 N–H and O–H groups in total. The summed E-state index contributed by atoms with van der Waals surface area (Å²) in [6.07, 6.45) is 3.84. The first-order chi connectivity index (χ1) is 9.05. The molecule has 19 heavy (non-hydrogen) atoms. The lowest BCUT2D eigenvalue weighted by Crippen LogP contribution is -2.41. The fraction of sp³-hybridized carbons (Fsp3) is 0.625. The van der Waals surface area contributed by atoms with Gasteiger partial charge in [0.15, 0.2) is 0 Å². The summed E-state index contributed by atoms with van der Waals surface area (Å²) in [6, 6.07) is 6.21. The van der Waals surface area contributed by atoms with Crippen molar-refractivity contribution in [1.82, 2.24) is 0 Å². The zero-order chi connectivity index (χ0) is 13.9. The topological polar surface area (TPSA) is 55.5 Å². The second-order valence-electron chi connectivity index (χ2n) is 5.80. The van der Waals surface area contributed by atoms with Crippen LogP contribution in [0.25, 0.3) is 0 Å². The summed E-state index contributed by atoms with van der Waals surface area (Å²) in [6.45, 7) is 5.16. The minimum atomic E-state index is -0.661. The number of hydrogen-bond acceptors (Lipinski definition) is 3. The smallest absolute Gasteiger partial charge is 0.122 e. The number of ether oxygens (including phenoxy) is 1. The molecule has 2 rings (SSSR count). The van der Waals surface area contributed by atoms with E-state index in [0.717, 1.165) is 31.4 Å². The van der Waals surface area contributed by atoms with E-state index in [0.29, 0.717) is 13.2 Å². The van der Waals surface area contributed by atoms with E-state index in [1.807, 2.05) is 6.07 Å². The normalized spacial score (nSPS) is 26.6. The molecule has 1 aliphatic rings. The molecule has 0 radical (unpaired) electrons. The molecule has 0 heterocycles. The van der Waals surface area contributed by atoms with Gasteiger partial charge in [0, 0.05) is 6.54 Å². The average Bonchev–Trinajstić information content (AvgIpc) is 2.74. The van der Waals surface area contributed by atoms with Crippen molar-refractivity contribution < 1.29 is 9.84 Å². The molecule has 0 saturated heterocycles. The highest BCUT2D eigenvalue weighted by Crippen LogP contribution is 2.37. The molecule has 0 aliphatic heterocycles. The Morgan fingerprint density at radius 2 is 2.21 bits per heavy atom. The van der Waals surface area contributed by atoms with E-state index in [2.05, 4.69) is 26.0 Å². The van der Waals surface area contributed by atoms with Crippen molar-refractivity contribution in [2.75, 3.05) is 13.2 Å². The molecular formula is C16H25NO2. The zero-order valence-corrected chi connectivity index (χ0v) is 12.0.